The summed E-state index contributed by atoms with van der Waals surface area (Å²) in [5.74, 6) is 0.133. The van der Waals surface area contributed by atoms with Crippen LogP contribution in [0, 0.1) is 0 Å². The molecule has 0 aliphatic rings. The molecule has 0 fully saturated rings. The average molecular weight is 187 g/mol. The topological polar surface area (TPSA) is 20.2 Å². The zero-order valence-electron chi connectivity index (χ0n) is 4.63. The Morgan fingerprint density at radius 1 is 1.20 bits per heavy atom. The average Bonchev–Trinajstić information content (AvgIpc) is 1.77. The van der Waals surface area contributed by atoms with Crippen molar-refractivity contribution in [2.75, 3.05) is 0 Å². The van der Waals surface area contributed by atoms with Crippen LogP contribution in [0.2, 0.25) is 5.02 Å². The third-order valence-corrected chi connectivity index (χ3v) is 1.17. The predicted octanol–water partition coefficient (Wildman–Crippen LogP) is 1.51. The summed E-state index contributed by atoms with van der Waals surface area (Å²) in [5, 5.41) is 9.18. The number of para-hydroxylation sites is 1. The van der Waals surface area contributed by atoms with E-state index >= 15 is 0 Å². The second-order valence-corrected chi connectivity index (χ2v) is 1.86. The van der Waals surface area contributed by atoms with E-state index in [9.17, 15) is 0 Å². The molecule has 0 aliphatic carbocycles. The van der Waals surface area contributed by atoms with Gasteiger partial charge in [-0.2, -0.15) is 13.5 Å². The molecule has 0 heterocycles. The van der Waals surface area contributed by atoms with Crippen LogP contribution in [0.4, 0.5) is 0 Å². The van der Waals surface area contributed by atoms with Crippen molar-refractivity contribution in [2.24, 2.45) is 0 Å². The summed E-state index contributed by atoms with van der Waals surface area (Å²) >= 11 is 5.46. The van der Waals surface area contributed by atoms with Crippen LogP contribution in [0.1, 0.15) is 0 Å². The van der Waals surface area contributed by atoms with Crippen molar-refractivity contribution in [3.8, 4) is 5.75 Å². The SMILES string of the molecule is Oc1ccccc1Cl.S.[NaH]. The second kappa shape index (κ2) is 6.38. The van der Waals surface area contributed by atoms with Gasteiger partial charge < -0.3 is 5.11 Å². The van der Waals surface area contributed by atoms with E-state index in [1.807, 2.05) is 0 Å². The molecule has 0 saturated heterocycles. The van der Waals surface area contributed by atoms with Crippen molar-refractivity contribution in [3.05, 3.63) is 29.3 Å². The van der Waals surface area contributed by atoms with Crippen molar-refractivity contribution in [1.29, 1.82) is 0 Å². The fourth-order valence-electron chi connectivity index (χ4n) is 0.452. The molecule has 0 bridgehead atoms. The molecule has 1 aromatic carbocycles. The van der Waals surface area contributed by atoms with E-state index in [1.165, 1.54) is 0 Å². The number of hydrogen-bond donors (Lipinski definition) is 1. The summed E-state index contributed by atoms with van der Waals surface area (Å²) in [6, 6.07) is 6.67. The van der Waals surface area contributed by atoms with Gasteiger partial charge >= 0.3 is 29.6 Å². The van der Waals surface area contributed by atoms with Gasteiger partial charge in [0, 0.05) is 0 Å². The van der Waals surface area contributed by atoms with Gasteiger partial charge in [-0.3, -0.25) is 0 Å². The molecule has 0 saturated carbocycles. The van der Waals surface area contributed by atoms with Crippen molar-refractivity contribution < 1.29 is 5.11 Å². The van der Waals surface area contributed by atoms with Gasteiger partial charge in [0.2, 0.25) is 0 Å². The molecule has 0 radical (unpaired) electrons. The first kappa shape index (κ1) is 13.3. The van der Waals surface area contributed by atoms with Gasteiger partial charge in [0.1, 0.15) is 5.75 Å². The summed E-state index contributed by atoms with van der Waals surface area (Å²) in [5.41, 5.74) is 0. The van der Waals surface area contributed by atoms with E-state index in [-0.39, 0.29) is 48.8 Å². The Morgan fingerprint density at radius 2 is 1.70 bits per heavy atom. The summed E-state index contributed by atoms with van der Waals surface area (Å²) in [6.07, 6.45) is 0. The van der Waals surface area contributed by atoms with Gasteiger partial charge in [-0.25, -0.2) is 0 Å². The van der Waals surface area contributed by atoms with Crippen molar-refractivity contribution >= 4 is 54.7 Å². The zero-order valence-corrected chi connectivity index (χ0v) is 6.39. The molecule has 0 unspecified atom stereocenters. The Kier molecular flexibility index (Phi) is 8.46. The van der Waals surface area contributed by atoms with Gasteiger partial charge in [-0.1, -0.05) is 23.7 Å². The fourth-order valence-corrected chi connectivity index (χ4v) is 0.587. The molecule has 0 amide bonds. The fraction of sp³-hybridized carbons (Fsp3) is 0. The number of benzene rings is 1. The summed E-state index contributed by atoms with van der Waals surface area (Å²) in [7, 11) is 0. The Bertz CT molecular complexity index is 174. The Morgan fingerprint density at radius 3 is 2.00 bits per heavy atom. The van der Waals surface area contributed by atoms with E-state index in [2.05, 4.69) is 0 Å². The number of phenols is 1. The van der Waals surface area contributed by atoms with Gasteiger partial charge in [0.15, 0.2) is 0 Å². The molecule has 0 atom stereocenters. The third-order valence-electron chi connectivity index (χ3n) is 0.852. The second-order valence-electron chi connectivity index (χ2n) is 1.45. The minimum absolute atomic E-state index is 0. The number of hydrogen-bond acceptors (Lipinski definition) is 1. The number of rotatable bonds is 0. The van der Waals surface area contributed by atoms with Crippen LogP contribution in [0.15, 0.2) is 24.3 Å². The Labute approximate surface area is 94.1 Å². The first-order chi connectivity index (χ1) is 3.80. The van der Waals surface area contributed by atoms with Gasteiger partial charge in [-0.05, 0) is 12.1 Å². The van der Waals surface area contributed by atoms with E-state index in [1.54, 1.807) is 24.3 Å². The number of phenolic OH excluding ortho intramolecular Hbond substituents is 1. The summed E-state index contributed by atoms with van der Waals surface area (Å²) in [6.45, 7) is 0. The molecule has 0 aliphatic heterocycles. The predicted molar refractivity (Wildman–Crippen MR) is 50.6 cm³/mol. The quantitative estimate of drug-likeness (QED) is 0.609. The first-order valence-electron chi connectivity index (χ1n) is 2.24. The molecule has 4 heteroatoms. The molecule has 1 aromatic rings. The normalized spacial score (nSPS) is 7.30. The Balaban J connectivity index is 0. The molecule has 1 N–H and O–H groups in total. The van der Waals surface area contributed by atoms with Crippen LogP contribution >= 0.6 is 25.1 Å². The van der Waals surface area contributed by atoms with Crippen LogP contribution in [0.3, 0.4) is 0 Å². The van der Waals surface area contributed by atoms with Crippen molar-refractivity contribution in [2.45, 2.75) is 0 Å². The zero-order chi connectivity index (χ0) is 5.98. The van der Waals surface area contributed by atoms with Crippen LogP contribution in [-0.2, 0) is 0 Å². The summed E-state index contributed by atoms with van der Waals surface area (Å²) < 4.78 is 0. The summed E-state index contributed by atoms with van der Waals surface area (Å²) in [4.78, 5) is 0. The third kappa shape index (κ3) is 3.74. The molecule has 1 rings (SSSR count). The standard InChI is InChI=1S/C6H5ClO.Na.H2S.H/c7-5-3-1-2-4-6(5)8;;;/h1-4,8H;;1H2;. The van der Waals surface area contributed by atoms with Crippen LogP contribution in [-0.4, -0.2) is 34.7 Å². The van der Waals surface area contributed by atoms with Crippen LogP contribution in [0.5, 0.6) is 5.75 Å². The Hall–Kier alpha value is 0.660. The van der Waals surface area contributed by atoms with E-state index < -0.39 is 0 Å². The van der Waals surface area contributed by atoms with Crippen molar-refractivity contribution in [1.82, 2.24) is 0 Å². The van der Waals surface area contributed by atoms with Crippen molar-refractivity contribution in [3.63, 3.8) is 0 Å². The molecule has 10 heavy (non-hydrogen) atoms. The molecule has 1 nitrogen and oxygen atoms in total. The molecule has 0 aromatic heterocycles. The molecular formula is C6H8ClNaOS. The monoisotopic (exact) mass is 186 g/mol. The number of aromatic hydroxyl groups is 1. The molecule has 52 valence electrons. The van der Waals surface area contributed by atoms with E-state index in [0.29, 0.717) is 5.02 Å². The first-order valence-corrected chi connectivity index (χ1v) is 2.62. The molecular weight excluding hydrogens is 179 g/mol. The van der Waals surface area contributed by atoms with E-state index in [4.69, 9.17) is 16.7 Å². The number of halogens is 1. The van der Waals surface area contributed by atoms with Crippen LogP contribution < -0.4 is 0 Å². The van der Waals surface area contributed by atoms with Crippen LogP contribution in [0.25, 0.3) is 0 Å². The minimum atomic E-state index is 0. The maximum absolute atomic E-state index is 8.79. The van der Waals surface area contributed by atoms with Gasteiger partial charge in [0.25, 0.3) is 0 Å². The molecule has 0 spiro atoms. The van der Waals surface area contributed by atoms with E-state index in [0.717, 1.165) is 0 Å². The van der Waals surface area contributed by atoms with Gasteiger partial charge in [0.05, 0.1) is 5.02 Å². The maximum atomic E-state index is 8.79. The van der Waals surface area contributed by atoms with Gasteiger partial charge in [-0.15, -0.1) is 0 Å².